The van der Waals surface area contributed by atoms with Gasteiger partial charge in [-0.1, -0.05) is 17.7 Å². The molecule has 1 aromatic carbocycles. The maximum absolute atomic E-state index is 5.89. The molecule has 2 aromatic rings. The number of hydrogen-bond donors (Lipinski definition) is 0. The summed E-state index contributed by atoms with van der Waals surface area (Å²) in [5.74, 6) is 0.904. The van der Waals surface area contributed by atoms with Gasteiger partial charge in [0.25, 0.3) is 0 Å². The Balaban J connectivity index is 1.57. The number of anilines is 1. The van der Waals surface area contributed by atoms with Crippen LogP contribution < -0.4 is 9.64 Å². The van der Waals surface area contributed by atoms with Crippen LogP contribution in [-0.4, -0.2) is 48.0 Å². The second-order valence-corrected chi connectivity index (χ2v) is 5.58. The van der Waals surface area contributed by atoms with Crippen molar-refractivity contribution < 1.29 is 4.74 Å². The van der Waals surface area contributed by atoms with Gasteiger partial charge in [0.05, 0.1) is 25.0 Å². The predicted octanol–water partition coefficient (Wildman–Crippen LogP) is 2.32. The van der Waals surface area contributed by atoms with Crippen LogP contribution in [0.25, 0.3) is 0 Å². The van der Waals surface area contributed by atoms with Gasteiger partial charge in [-0.15, -0.1) is 0 Å². The molecule has 0 spiro atoms. The lowest BCUT2D eigenvalue weighted by Gasteiger charge is -2.36. The number of rotatable bonds is 4. The van der Waals surface area contributed by atoms with E-state index in [1.807, 2.05) is 23.0 Å². The first-order valence-corrected chi connectivity index (χ1v) is 7.42. The summed E-state index contributed by atoms with van der Waals surface area (Å²) in [6, 6.07) is 8.22. The third-order valence-corrected chi connectivity index (χ3v) is 3.93. The Hall–Kier alpha value is -1.72. The summed E-state index contributed by atoms with van der Waals surface area (Å²) < 4.78 is 7.17. The normalized spacial score (nSPS) is 16.2. The van der Waals surface area contributed by atoms with E-state index in [9.17, 15) is 0 Å². The summed E-state index contributed by atoms with van der Waals surface area (Å²) >= 11 is 5.89. The molecule has 2 heterocycles. The van der Waals surface area contributed by atoms with E-state index in [4.69, 9.17) is 16.3 Å². The molecule has 5 nitrogen and oxygen atoms in total. The van der Waals surface area contributed by atoms with Gasteiger partial charge in [-0.25, -0.2) is 0 Å². The summed E-state index contributed by atoms with van der Waals surface area (Å²) in [4.78, 5) is 4.76. The minimum atomic E-state index is 0.685. The highest BCUT2D eigenvalue weighted by atomic mass is 35.5. The molecule has 3 rings (SSSR count). The molecule has 1 aliphatic rings. The van der Waals surface area contributed by atoms with Crippen molar-refractivity contribution in [3.8, 4) is 5.75 Å². The fourth-order valence-corrected chi connectivity index (χ4v) is 2.73. The average Bonchev–Trinajstić information content (AvgIpc) is 2.93. The molecule has 1 aromatic heterocycles. The van der Waals surface area contributed by atoms with Crippen molar-refractivity contribution in [2.24, 2.45) is 0 Å². The molecule has 0 aliphatic carbocycles. The van der Waals surface area contributed by atoms with E-state index in [0.29, 0.717) is 5.02 Å². The quantitative estimate of drug-likeness (QED) is 0.868. The Bertz CT molecular complexity index is 593. The molecule has 0 N–H and O–H groups in total. The van der Waals surface area contributed by atoms with E-state index >= 15 is 0 Å². The van der Waals surface area contributed by atoms with Gasteiger partial charge in [0.1, 0.15) is 5.75 Å². The molecule has 21 heavy (non-hydrogen) atoms. The standard InChI is InChI=1S/C15H19ClN4O/c1-21-15-4-2-3-14(9-15)19-7-5-18(6-8-19)12-20-11-13(16)10-17-20/h2-4,9-11H,5-8,12H2,1H3. The highest BCUT2D eigenvalue weighted by molar-refractivity contribution is 6.30. The third kappa shape index (κ3) is 3.49. The molecule has 1 fully saturated rings. The molecule has 0 radical (unpaired) electrons. The maximum Gasteiger partial charge on any atom is 0.120 e. The van der Waals surface area contributed by atoms with E-state index in [1.54, 1.807) is 13.3 Å². The zero-order valence-electron chi connectivity index (χ0n) is 12.1. The van der Waals surface area contributed by atoms with Crippen molar-refractivity contribution in [2.75, 3.05) is 38.2 Å². The van der Waals surface area contributed by atoms with Crippen molar-refractivity contribution in [1.29, 1.82) is 0 Å². The highest BCUT2D eigenvalue weighted by Gasteiger charge is 2.17. The summed E-state index contributed by atoms with van der Waals surface area (Å²) in [5, 5.41) is 4.91. The first-order chi connectivity index (χ1) is 10.2. The van der Waals surface area contributed by atoms with E-state index in [0.717, 1.165) is 38.6 Å². The van der Waals surface area contributed by atoms with Crippen LogP contribution in [0.2, 0.25) is 5.02 Å². The van der Waals surface area contributed by atoms with Gasteiger partial charge in [0.2, 0.25) is 0 Å². The number of nitrogens with zero attached hydrogens (tertiary/aromatic N) is 4. The topological polar surface area (TPSA) is 33.5 Å². The fourth-order valence-electron chi connectivity index (χ4n) is 2.58. The molecule has 0 atom stereocenters. The molecule has 0 saturated carbocycles. The van der Waals surface area contributed by atoms with Crippen molar-refractivity contribution in [1.82, 2.24) is 14.7 Å². The Morgan fingerprint density at radius 2 is 2.05 bits per heavy atom. The minimum absolute atomic E-state index is 0.685. The largest absolute Gasteiger partial charge is 0.497 e. The zero-order chi connectivity index (χ0) is 14.7. The molecule has 0 amide bonds. The molecule has 0 bridgehead atoms. The number of piperazine rings is 1. The summed E-state index contributed by atoms with van der Waals surface area (Å²) in [5.41, 5.74) is 1.22. The van der Waals surface area contributed by atoms with Crippen LogP contribution in [0.3, 0.4) is 0 Å². The third-order valence-electron chi connectivity index (χ3n) is 3.74. The Kier molecular flexibility index (Phi) is 4.31. The fraction of sp³-hybridized carbons (Fsp3) is 0.400. The average molecular weight is 307 g/mol. The van der Waals surface area contributed by atoms with Crippen LogP contribution in [0.15, 0.2) is 36.7 Å². The first kappa shape index (κ1) is 14.2. The first-order valence-electron chi connectivity index (χ1n) is 7.04. The van der Waals surface area contributed by atoms with Gasteiger partial charge < -0.3 is 9.64 Å². The summed E-state index contributed by atoms with van der Waals surface area (Å²) in [6.45, 7) is 4.81. The van der Waals surface area contributed by atoms with Crippen LogP contribution in [0.1, 0.15) is 0 Å². The van der Waals surface area contributed by atoms with Gasteiger partial charge in [-0.2, -0.15) is 5.10 Å². The van der Waals surface area contributed by atoms with Crippen LogP contribution in [0, 0.1) is 0 Å². The molecule has 6 heteroatoms. The zero-order valence-corrected chi connectivity index (χ0v) is 12.8. The lowest BCUT2D eigenvalue weighted by atomic mass is 10.2. The lowest BCUT2D eigenvalue weighted by molar-refractivity contribution is 0.196. The monoisotopic (exact) mass is 306 g/mol. The maximum atomic E-state index is 5.89. The van der Waals surface area contributed by atoms with Crippen molar-refractivity contribution in [2.45, 2.75) is 6.67 Å². The van der Waals surface area contributed by atoms with Crippen LogP contribution in [-0.2, 0) is 6.67 Å². The second kappa shape index (κ2) is 6.37. The van der Waals surface area contributed by atoms with Crippen molar-refractivity contribution in [3.63, 3.8) is 0 Å². The van der Waals surface area contributed by atoms with Crippen LogP contribution in [0.5, 0.6) is 5.75 Å². The lowest BCUT2D eigenvalue weighted by Crippen LogP contribution is -2.46. The number of benzene rings is 1. The van der Waals surface area contributed by atoms with E-state index in [1.165, 1.54) is 5.69 Å². The number of halogens is 1. The van der Waals surface area contributed by atoms with E-state index < -0.39 is 0 Å². The van der Waals surface area contributed by atoms with Gasteiger partial charge in [-0.05, 0) is 12.1 Å². The van der Waals surface area contributed by atoms with Gasteiger partial charge in [-0.3, -0.25) is 9.58 Å². The van der Waals surface area contributed by atoms with Crippen LogP contribution in [0.4, 0.5) is 5.69 Å². The second-order valence-electron chi connectivity index (χ2n) is 5.15. The molecular formula is C15H19ClN4O. The Morgan fingerprint density at radius 1 is 1.24 bits per heavy atom. The molecular weight excluding hydrogens is 288 g/mol. The molecule has 1 aliphatic heterocycles. The van der Waals surface area contributed by atoms with Crippen LogP contribution >= 0.6 is 11.6 Å². The minimum Gasteiger partial charge on any atom is -0.497 e. The summed E-state index contributed by atoms with van der Waals surface area (Å²) in [7, 11) is 1.70. The van der Waals surface area contributed by atoms with Crippen molar-refractivity contribution in [3.05, 3.63) is 41.7 Å². The Morgan fingerprint density at radius 3 is 2.71 bits per heavy atom. The molecule has 0 unspecified atom stereocenters. The van der Waals surface area contributed by atoms with Gasteiger partial charge in [0, 0.05) is 44.1 Å². The highest BCUT2D eigenvalue weighted by Crippen LogP contribution is 2.22. The number of ether oxygens (including phenoxy) is 1. The Labute approximate surface area is 129 Å². The summed E-state index contributed by atoms with van der Waals surface area (Å²) in [6.07, 6.45) is 3.53. The number of aromatic nitrogens is 2. The molecule has 112 valence electrons. The predicted molar refractivity (Wildman–Crippen MR) is 84.0 cm³/mol. The molecule has 1 saturated heterocycles. The number of methoxy groups -OCH3 is 1. The van der Waals surface area contributed by atoms with E-state index in [2.05, 4.69) is 27.0 Å². The SMILES string of the molecule is COc1cccc(N2CCN(Cn3cc(Cl)cn3)CC2)c1. The smallest absolute Gasteiger partial charge is 0.120 e. The van der Waals surface area contributed by atoms with Gasteiger partial charge >= 0.3 is 0 Å². The van der Waals surface area contributed by atoms with Gasteiger partial charge in [0.15, 0.2) is 0 Å². The number of hydrogen-bond acceptors (Lipinski definition) is 4. The van der Waals surface area contributed by atoms with E-state index in [-0.39, 0.29) is 0 Å². The van der Waals surface area contributed by atoms with Crippen molar-refractivity contribution >= 4 is 17.3 Å².